The van der Waals surface area contributed by atoms with E-state index in [9.17, 15) is 13.2 Å². The van der Waals surface area contributed by atoms with Gasteiger partial charge in [-0.2, -0.15) is 4.31 Å². The molecular formula is C12H14BrNO4S. The molecule has 0 spiro atoms. The number of carboxylic acids is 1. The summed E-state index contributed by atoms with van der Waals surface area (Å²) in [6.45, 7) is 0. The van der Waals surface area contributed by atoms with Crippen LogP contribution in [0.1, 0.15) is 12.8 Å². The Bertz CT molecular complexity index is 578. The smallest absolute Gasteiger partial charge is 0.306 e. The molecule has 1 aliphatic rings. The second-order valence-corrected chi connectivity index (χ2v) is 7.55. The molecule has 1 saturated carbocycles. The number of hydrogen-bond acceptors (Lipinski definition) is 3. The maximum atomic E-state index is 12.3. The maximum absolute atomic E-state index is 12.3. The highest BCUT2D eigenvalue weighted by Gasteiger charge is 2.40. The summed E-state index contributed by atoms with van der Waals surface area (Å²) >= 11 is 3.25. The lowest BCUT2D eigenvalue weighted by Gasteiger charge is -2.38. The minimum absolute atomic E-state index is 0.219. The molecule has 0 unspecified atom stereocenters. The molecule has 2 rings (SSSR count). The average Bonchev–Trinajstić information content (AvgIpc) is 2.26. The van der Waals surface area contributed by atoms with Crippen LogP contribution in [0.25, 0.3) is 0 Å². The summed E-state index contributed by atoms with van der Waals surface area (Å²) in [7, 11) is -2.05. The van der Waals surface area contributed by atoms with Gasteiger partial charge in [-0.1, -0.05) is 15.9 Å². The first-order valence-electron chi connectivity index (χ1n) is 5.79. The number of halogens is 1. The Morgan fingerprint density at radius 3 is 2.32 bits per heavy atom. The lowest BCUT2D eigenvalue weighted by atomic mass is 9.80. The number of hydrogen-bond donors (Lipinski definition) is 1. The number of aliphatic carboxylic acids is 1. The SMILES string of the molecule is CN(C1CC(C(=O)O)C1)S(=O)(=O)c1ccc(Br)cc1. The summed E-state index contributed by atoms with van der Waals surface area (Å²) in [4.78, 5) is 11.0. The maximum Gasteiger partial charge on any atom is 0.306 e. The molecule has 0 heterocycles. The Hall–Kier alpha value is -0.920. The fourth-order valence-electron chi connectivity index (χ4n) is 2.06. The van der Waals surface area contributed by atoms with Crippen LogP contribution >= 0.6 is 15.9 Å². The molecule has 1 aliphatic carbocycles. The van der Waals surface area contributed by atoms with E-state index < -0.39 is 21.9 Å². The molecule has 1 N–H and O–H groups in total. The Labute approximate surface area is 120 Å². The van der Waals surface area contributed by atoms with Crippen molar-refractivity contribution in [1.82, 2.24) is 4.31 Å². The molecule has 0 bridgehead atoms. The van der Waals surface area contributed by atoms with Crippen molar-refractivity contribution >= 4 is 31.9 Å². The monoisotopic (exact) mass is 347 g/mol. The van der Waals surface area contributed by atoms with Crippen LogP contribution in [0.3, 0.4) is 0 Å². The van der Waals surface area contributed by atoms with Gasteiger partial charge in [0.25, 0.3) is 0 Å². The number of sulfonamides is 1. The number of rotatable bonds is 4. The Morgan fingerprint density at radius 2 is 1.84 bits per heavy atom. The van der Waals surface area contributed by atoms with Gasteiger partial charge >= 0.3 is 5.97 Å². The van der Waals surface area contributed by atoms with Crippen LogP contribution in [0.5, 0.6) is 0 Å². The van der Waals surface area contributed by atoms with Crippen LogP contribution in [0, 0.1) is 5.92 Å². The summed E-state index contributed by atoms with van der Waals surface area (Å²) in [5.41, 5.74) is 0. The normalized spacial score (nSPS) is 23.1. The molecule has 0 aromatic heterocycles. The van der Waals surface area contributed by atoms with Crippen molar-refractivity contribution in [2.75, 3.05) is 7.05 Å². The van der Waals surface area contributed by atoms with E-state index in [0.29, 0.717) is 12.8 Å². The van der Waals surface area contributed by atoms with Gasteiger partial charge < -0.3 is 5.11 Å². The van der Waals surface area contributed by atoms with E-state index in [2.05, 4.69) is 15.9 Å². The van der Waals surface area contributed by atoms with Crippen molar-refractivity contribution in [3.63, 3.8) is 0 Å². The average molecular weight is 348 g/mol. The summed E-state index contributed by atoms with van der Waals surface area (Å²) in [5.74, 6) is -1.28. The van der Waals surface area contributed by atoms with Crippen molar-refractivity contribution in [1.29, 1.82) is 0 Å². The topological polar surface area (TPSA) is 74.7 Å². The van der Waals surface area contributed by atoms with E-state index >= 15 is 0 Å². The standard InChI is InChI=1S/C12H14BrNO4S/c1-14(10-6-8(7-10)12(15)16)19(17,18)11-4-2-9(13)3-5-11/h2-5,8,10H,6-7H2,1H3,(H,15,16). The molecule has 5 nitrogen and oxygen atoms in total. The fraction of sp³-hybridized carbons (Fsp3) is 0.417. The number of benzene rings is 1. The van der Waals surface area contributed by atoms with Crippen LogP contribution in [0.2, 0.25) is 0 Å². The lowest BCUT2D eigenvalue weighted by Crippen LogP contribution is -2.47. The third-order valence-electron chi connectivity index (χ3n) is 3.47. The molecule has 7 heteroatoms. The van der Waals surface area contributed by atoms with Gasteiger partial charge in [-0.15, -0.1) is 0 Å². The predicted molar refractivity (Wildman–Crippen MR) is 73.2 cm³/mol. The van der Waals surface area contributed by atoms with Crippen molar-refractivity contribution in [3.8, 4) is 0 Å². The van der Waals surface area contributed by atoms with Crippen LogP contribution in [0.4, 0.5) is 0 Å². The Balaban J connectivity index is 2.12. The molecule has 1 fully saturated rings. The second-order valence-electron chi connectivity index (χ2n) is 4.64. The van der Waals surface area contributed by atoms with Crippen molar-refractivity contribution in [2.45, 2.75) is 23.8 Å². The fourth-order valence-corrected chi connectivity index (χ4v) is 3.70. The number of carbonyl (C=O) groups is 1. The molecule has 1 aromatic carbocycles. The van der Waals surface area contributed by atoms with Gasteiger partial charge in [0.05, 0.1) is 10.8 Å². The van der Waals surface area contributed by atoms with E-state index in [1.807, 2.05) is 0 Å². The van der Waals surface area contributed by atoms with Gasteiger partial charge in [0.2, 0.25) is 10.0 Å². The van der Waals surface area contributed by atoms with Crippen LogP contribution in [0.15, 0.2) is 33.6 Å². The highest BCUT2D eigenvalue weighted by Crippen LogP contribution is 2.34. The van der Waals surface area contributed by atoms with Crippen LogP contribution in [-0.2, 0) is 14.8 Å². The van der Waals surface area contributed by atoms with Crippen molar-refractivity contribution in [3.05, 3.63) is 28.7 Å². The van der Waals surface area contributed by atoms with Gasteiger partial charge in [0, 0.05) is 17.6 Å². The predicted octanol–water partition coefficient (Wildman–Crippen LogP) is 1.93. The van der Waals surface area contributed by atoms with E-state index in [-0.39, 0.29) is 10.9 Å². The number of carboxylic acid groups (broad SMARTS) is 1. The summed E-state index contributed by atoms with van der Waals surface area (Å²) in [5, 5.41) is 8.81. The summed E-state index contributed by atoms with van der Waals surface area (Å²) in [6.07, 6.45) is 0.753. The Morgan fingerprint density at radius 1 is 1.32 bits per heavy atom. The van der Waals surface area contributed by atoms with Crippen LogP contribution < -0.4 is 0 Å². The highest BCUT2D eigenvalue weighted by molar-refractivity contribution is 9.10. The van der Waals surface area contributed by atoms with Crippen molar-refractivity contribution in [2.24, 2.45) is 5.92 Å². The number of nitrogens with zero attached hydrogens (tertiary/aromatic N) is 1. The first-order valence-corrected chi connectivity index (χ1v) is 8.02. The molecule has 0 atom stereocenters. The van der Waals surface area contributed by atoms with Gasteiger partial charge in [0.15, 0.2) is 0 Å². The van der Waals surface area contributed by atoms with E-state index in [4.69, 9.17) is 5.11 Å². The van der Waals surface area contributed by atoms with E-state index in [1.165, 1.54) is 23.5 Å². The quantitative estimate of drug-likeness (QED) is 0.902. The van der Waals surface area contributed by atoms with E-state index in [0.717, 1.165) is 4.47 Å². The minimum Gasteiger partial charge on any atom is -0.481 e. The third kappa shape index (κ3) is 2.82. The lowest BCUT2D eigenvalue weighted by molar-refractivity contribution is -0.146. The minimum atomic E-state index is -3.55. The third-order valence-corrected chi connectivity index (χ3v) is 5.92. The van der Waals surface area contributed by atoms with Gasteiger partial charge in [-0.3, -0.25) is 4.79 Å². The molecule has 19 heavy (non-hydrogen) atoms. The van der Waals surface area contributed by atoms with Gasteiger partial charge in [-0.25, -0.2) is 8.42 Å². The zero-order valence-corrected chi connectivity index (χ0v) is 12.7. The molecular weight excluding hydrogens is 334 g/mol. The summed E-state index contributed by atoms with van der Waals surface area (Å²) in [6, 6.07) is 6.17. The largest absolute Gasteiger partial charge is 0.481 e. The molecule has 0 radical (unpaired) electrons. The highest BCUT2D eigenvalue weighted by atomic mass is 79.9. The molecule has 0 aliphatic heterocycles. The van der Waals surface area contributed by atoms with E-state index in [1.54, 1.807) is 12.1 Å². The first kappa shape index (κ1) is 14.5. The first-order chi connectivity index (χ1) is 8.82. The Kier molecular flexibility index (Phi) is 3.98. The van der Waals surface area contributed by atoms with Gasteiger partial charge in [-0.05, 0) is 37.1 Å². The molecule has 104 valence electrons. The molecule has 0 saturated heterocycles. The summed E-state index contributed by atoms with van der Waals surface area (Å²) < 4.78 is 26.7. The molecule has 1 aromatic rings. The van der Waals surface area contributed by atoms with Gasteiger partial charge in [0.1, 0.15) is 0 Å². The van der Waals surface area contributed by atoms with Crippen LogP contribution in [-0.4, -0.2) is 36.9 Å². The zero-order chi connectivity index (χ0) is 14.2. The van der Waals surface area contributed by atoms with Crippen molar-refractivity contribution < 1.29 is 18.3 Å². The molecule has 0 amide bonds. The zero-order valence-electron chi connectivity index (χ0n) is 10.3. The second kappa shape index (κ2) is 5.22.